The number of fused-ring (bicyclic) bond motifs is 1. The summed E-state index contributed by atoms with van der Waals surface area (Å²) in [6.07, 6.45) is 1.28. The van der Waals surface area contributed by atoms with Gasteiger partial charge in [-0.15, -0.1) is 0 Å². The molecule has 0 unspecified atom stereocenters. The van der Waals surface area contributed by atoms with E-state index in [1.54, 1.807) is 24.3 Å². The fraction of sp³-hybridized carbons (Fsp3) is 0. The first kappa shape index (κ1) is 8.50. The summed E-state index contributed by atoms with van der Waals surface area (Å²) in [5.74, 6) is -0.640. The fourth-order valence-corrected chi connectivity index (χ4v) is 1.38. The van der Waals surface area contributed by atoms with Crippen LogP contribution in [0.1, 0.15) is 10.4 Å². The smallest absolute Gasteiger partial charge is 0.337 e. The molecule has 0 aliphatic rings. The van der Waals surface area contributed by atoms with Crippen molar-refractivity contribution >= 4 is 22.6 Å². The van der Waals surface area contributed by atoms with Crippen molar-refractivity contribution in [2.45, 2.75) is 0 Å². The lowest BCUT2D eigenvalue weighted by molar-refractivity contribution is 0.0698. The molecule has 0 amide bonds. The van der Waals surface area contributed by atoms with E-state index < -0.39 is 5.97 Å². The molecule has 4 heteroatoms. The van der Waals surface area contributed by atoms with Gasteiger partial charge in [-0.05, 0) is 0 Å². The maximum atomic E-state index is 10.8. The van der Waals surface area contributed by atoms with Crippen molar-refractivity contribution in [3.63, 3.8) is 0 Å². The number of pyridine rings is 1. The Bertz CT molecular complexity index is 508. The number of anilines is 1. The Hall–Kier alpha value is -2.10. The highest BCUT2D eigenvalue weighted by atomic mass is 16.4. The average molecular weight is 188 g/mol. The van der Waals surface area contributed by atoms with Crippen molar-refractivity contribution in [2.24, 2.45) is 0 Å². The van der Waals surface area contributed by atoms with Gasteiger partial charge in [0.2, 0.25) is 0 Å². The number of aromatic carboxylic acids is 1. The molecular weight excluding hydrogens is 180 g/mol. The largest absolute Gasteiger partial charge is 0.478 e. The predicted octanol–water partition coefficient (Wildman–Crippen LogP) is 1.52. The second kappa shape index (κ2) is 2.99. The van der Waals surface area contributed by atoms with Crippen LogP contribution in [-0.2, 0) is 0 Å². The molecule has 0 saturated heterocycles. The van der Waals surface area contributed by atoms with Gasteiger partial charge in [-0.25, -0.2) is 9.78 Å². The minimum atomic E-state index is -0.992. The molecule has 0 spiro atoms. The van der Waals surface area contributed by atoms with E-state index in [-0.39, 0.29) is 5.56 Å². The molecule has 2 rings (SSSR count). The van der Waals surface area contributed by atoms with Gasteiger partial charge in [0.1, 0.15) is 5.82 Å². The summed E-state index contributed by atoms with van der Waals surface area (Å²) in [7, 11) is 0. The molecule has 1 aromatic heterocycles. The molecule has 0 bridgehead atoms. The van der Waals surface area contributed by atoms with E-state index in [9.17, 15) is 4.79 Å². The van der Waals surface area contributed by atoms with E-state index in [4.69, 9.17) is 10.8 Å². The maximum absolute atomic E-state index is 10.8. The average Bonchev–Trinajstić information content (AvgIpc) is 2.18. The molecule has 1 aromatic carbocycles. The number of carboxylic acids is 1. The molecule has 0 atom stereocenters. The lowest BCUT2D eigenvalue weighted by atomic mass is 10.1. The Morgan fingerprint density at radius 3 is 2.57 bits per heavy atom. The van der Waals surface area contributed by atoms with Crippen molar-refractivity contribution in [3.05, 3.63) is 36.0 Å². The number of carboxylic acid groups (broad SMARTS) is 1. The third kappa shape index (κ3) is 1.17. The van der Waals surface area contributed by atoms with Crippen LogP contribution in [0.2, 0.25) is 0 Å². The monoisotopic (exact) mass is 188 g/mol. The highest BCUT2D eigenvalue weighted by molar-refractivity contribution is 6.06. The Labute approximate surface area is 80.0 Å². The number of carbonyl (C=O) groups is 1. The molecule has 0 radical (unpaired) electrons. The number of rotatable bonds is 1. The van der Waals surface area contributed by atoms with Crippen LogP contribution >= 0.6 is 0 Å². The summed E-state index contributed by atoms with van der Waals surface area (Å²) in [4.78, 5) is 14.7. The normalized spacial score (nSPS) is 10.3. The van der Waals surface area contributed by atoms with Crippen LogP contribution in [-0.4, -0.2) is 16.1 Å². The van der Waals surface area contributed by atoms with Gasteiger partial charge >= 0.3 is 5.97 Å². The van der Waals surface area contributed by atoms with Crippen molar-refractivity contribution < 1.29 is 9.90 Å². The second-order valence-electron chi connectivity index (χ2n) is 2.91. The Balaban J connectivity index is 2.88. The van der Waals surface area contributed by atoms with Crippen LogP contribution in [0.3, 0.4) is 0 Å². The van der Waals surface area contributed by atoms with E-state index >= 15 is 0 Å². The van der Waals surface area contributed by atoms with Gasteiger partial charge in [0, 0.05) is 17.0 Å². The van der Waals surface area contributed by atoms with E-state index in [1.165, 1.54) is 6.20 Å². The molecule has 2 aromatic rings. The summed E-state index contributed by atoms with van der Waals surface area (Å²) >= 11 is 0. The van der Waals surface area contributed by atoms with Crippen LogP contribution in [0.4, 0.5) is 5.82 Å². The standard InChI is InChI=1S/C10H8N2O2/c11-9-7-4-2-1-3-6(7)8(5-12-9)10(13)14/h1-5H,(H2,11,12)(H,13,14). The van der Waals surface area contributed by atoms with Crippen LogP contribution in [0.5, 0.6) is 0 Å². The predicted molar refractivity (Wildman–Crippen MR) is 53.1 cm³/mol. The lowest BCUT2D eigenvalue weighted by Crippen LogP contribution is -2.01. The first-order valence-corrected chi connectivity index (χ1v) is 4.06. The van der Waals surface area contributed by atoms with Gasteiger partial charge in [0.05, 0.1) is 5.56 Å². The molecule has 3 N–H and O–H groups in total. The second-order valence-corrected chi connectivity index (χ2v) is 2.91. The fourth-order valence-electron chi connectivity index (χ4n) is 1.38. The van der Waals surface area contributed by atoms with Crippen molar-refractivity contribution in [1.82, 2.24) is 4.98 Å². The number of benzene rings is 1. The molecule has 0 aliphatic carbocycles. The topological polar surface area (TPSA) is 76.2 Å². The van der Waals surface area contributed by atoms with E-state index in [0.29, 0.717) is 16.6 Å². The summed E-state index contributed by atoms with van der Waals surface area (Å²) in [5.41, 5.74) is 5.80. The molecule has 1 heterocycles. The van der Waals surface area contributed by atoms with Gasteiger partial charge in [0.25, 0.3) is 0 Å². The molecule has 70 valence electrons. The number of hydrogen-bond donors (Lipinski definition) is 2. The van der Waals surface area contributed by atoms with Crippen LogP contribution < -0.4 is 5.73 Å². The maximum Gasteiger partial charge on any atom is 0.337 e. The van der Waals surface area contributed by atoms with Gasteiger partial charge in [-0.2, -0.15) is 0 Å². The zero-order valence-corrected chi connectivity index (χ0v) is 7.27. The zero-order chi connectivity index (χ0) is 10.1. The molecule has 0 aliphatic heterocycles. The highest BCUT2D eigenvalue weighted by Gasteiger charge is 2.09. The van der Waals surface area contributed by atoms with Crippen LogP contribution in [0.15, 0.2) is 30.5 Å². The Kier molecular flexibility index (Phi) is 1.81. The molecule has 4 nitrogen and oxygen atoms in total. The molecule has 14 heavy (non-hydrogen) atoms. The lowest BCUT2D eigenvalue weighted by Gasteiger charge is -2.03. The quantitative estimate of drug-likeness (QED) is 0.711. The van der Waals surface area contributed by atoms with E-state index in [2.05, 4.69) is 4.98 Å². The third-order valence-corrected chi connectivity index (χ3v) is 2.06. The minimum Gasteiger partial charge on any atom is -0.478 e. The summed E-state index contributed by atoms with van der Waals surface area (Å²) in [6, 6.07) is 7.04. The van der Waals surface area contributed by atoms with Gasteiger partial charge in [-0.3, -0.25) is 0 Å². The minimum absolute atomic E-state index is 0.176. The Morgan fingerprint density at radius 2 is 1.93 bits per heavy atom. The SMILES string of the molecule is Nc1ncc(C(=O)O)c2ccccc12. The van der Waals surface area contributed by atoms with Crippen molar-refractivity contribution in [2.75, 3.05) is 5.73 Å². The van der Waals surface area contributed by atoms with Crippen LogP contribution in [0.25, 0.3) is 10.8 Å². The molecular formula is C10H8N2O2. The van der Waals surface area contributed by atoms with Crippen LogP contribution in [0, 0.1) is 0 Å². The molecule has 0 fully saturated rings. The first-order valence-electron chi connectivity index (χ1n) is 4.06. The highest BCUT2D eigenvalue weighted by Crippen LogP contribution is 2.21. The first-order chi connectivity index (χ1) is 6.70. The number of nitrogens with zero attached hydrogens (tertiary/aromatic N) is 1. The van der Waals surface area contributed by atoms with Gasteiger partial charge in [0.15, 0.2) is 0 Å². The number of nitrogens with two attached hydrogens (primary N) is 1. The number of nitrogen functional groups attached to an aromatic ring is 1. The van der Waals surface area contributed by atoms with Crippen molar-refractivity contribution in [1.29, 1.82) is 0 Å². The summed E-state index contributed by atoms with van der Waals surface area (Å²) in [6.45, 7) is 0. The van der Waals surface area contributed by atoms with E-state index in [0.717, 1.165) is 0 Å². The van der Waals surface area contributed by atoms with Gasteiger partial charge < -0.3 is 10.8 Å². The third-order valence-electron chi connectivity index (χ3n) is 2.06. The Morgan fingerprint density at radius 1 is 1.29 bits per heavy atom. The zero-order valence-electron chi connectivity index (χ0n) is 7.27. The van der Waals surface area contributed by atoms with Gasteiger partial charge in [-0.1, -0.05) is 24.3 Å². The van der Waals surface area contributed by atoms with Crippen molar-refractivity contribution in [3.8, 4) is 0 Å². The number of hydrogen-bond acceptors (Lipinski definition) is 3. The summed E-state index contributed by atoms with van der Waals surface area (Å²) < 4.78 is 0. The van der Waals surface area contributed by atoms with E-state index in [1.807, 2.05) is 0 Å². The molecule has 0 saturated carbocycles. The number of aromatic nitrogens is 1. The summed E-state index contributed by atoms with van der Waals surface area (Å²) in [5, 5.41) is 10.2.